The van der Waals surface area contributed by atoms with Gasteiger partial charge in [0.2, 0.25) is 0 Å². The highest BCUT2D eigenvalue weighted by Gasteiger charge is 2.45. The summed E-state index contributed by atoms with van der Waals surface area (Å²) in [6, 6.07) is 0. The summed E-state index contributed by atoms with van der Waals surface area (Å²) in [7, 11) is 0. The lowest BCUT2D eigenvalue weighted by Gasteiger charge is -2.46. The molecular weight excluding hydrogens is 198 g/mol. The Morgan fingerprint density at radius 2 is 1.81 bits per heavy atom. The molecule has 0 aromatic carbocycles. The quantitative estimate of drug-likeness (QED) is 0.761. The van der Waals surface area contributed by atoms with Gasteiger partial charge in [0.1, 0.15) is 0 Å². The summed E-state index contributed by atoms with van der Waals surface area (Å²) < 4.78 is 0. The molecule has 1 atom stereocenters. The summed E-state index contributed by atoms with van der Waals surface area (Å²) in [5.74, 6) is 0.871. The summed E-state index contributed by atoms with van der Waals surface area (Å²) >= 11 is 0. The van der Waals surface area contributed by atoms with Crippen molar-refractivity contribution in [1.29, 1.82) is 0 Å². The molecule has 2 rings (SSSR count). The summed E-state index contributed by atoms with van der Waals surface area (Å²) in [5.41, 5.74) is 6.31. The molecule has 16 heavy (non-hydrogen) atoms. The van der Waals surface area contributed by atoms with Gasteiger partial charge in [-0.25, -0.2) is 0 Å². The van der Waals surface area contributed by atoms with Crippen LogP contribution < -0.4 is 5.73 Å². The summed E-state index contributed by atoms with van der Waals surface area (Å²) in [6.07, 6.45) is 4.06. The molecule has 1 aliphatic carbocycles. The average Bonchev–Trinajstić information content (AvgIpc) is 3.14. The van der Waals surface area contributed by atoms with E-state index in [0.29, 0.717) is 0 Å². The van der Waals surface area contributed by atoms with E-state index >= 15 is 0 Å². The summed E-state index contributed by atoms with van der Waals surface area (Å²) in [6.45, 7) is 11.6. The van der Waals surface area contributed by atoms with Gasteiger partial charge >= 0.3 is 0 Å². The highest BCUT2D eigenvalue weighted by molar-refractivity contribution is 5.01. The first kappa shape index (κ1) is 12.3. The van der Waals surface area contributed by atoms with Crippen molar-refractivity contribution in [2.24, 2.45) is 11.7 Å². The van der Waals surface area contributed by atoms with Crippen LogP contribution in [0.4, 0.5) is 0 Å². The lowest BCUT2D eigenvalue weighted by Crippen LogP contribution is -2.59. The van der Waals surface area contributed by atoms with Gasteiger partial charge in [-0.05, 0) is 38.6 Å². The molecule has 0 aromatic rings. The zero-order valence-corrected chi connectivity index (χ0v) is 10.9. The van der Waals surface area contributed by atoms with Gasteiger partial charge < -0.3 is 10.6 Å². The molecule has 0 radical (unpaired) electrons. The molecular formula is C13H27N3. The number of rotatable bonds is 5. The Morgan fingerprint density at radius 3 is 2.25 bits per heavy atom. The lowest BCUT2D eigenvalue weighted by atomic mass is 9.92. The maximum Gasteiger partial charge on any atom is 0.0332 e. The van der Waals surface area contributed by atoms with Gasteiger partial charge in [-0.15, -0.1) is 0 Å². The van der Waals surface area contributed by atoms with E-state index in [4.69, 9.17) is 5.73 Å². The minimum atomic E-state index is 0.290. The fraction of sp³-hybridized carbons (Fsp3) is 1.00. The average molecular weight is 225 g/mol. The highest BCUT2D eigenvalue weighted by atomic mass is 15.3. The Labute approximate surface area is 100.0 Å². The zero-order valence-electron chi connectivity index (χ0n) is 10.9. The molecule has 3 nitrogen and oxygen atoms in total. The zero-order chi connectivity index (χ0) is 11.6. The second-order valence-corrected chi connectivity index (χ2v) is 5.66. The largest absolute Gasteiger partial charge is 0.329 e. The first-order chi connectivity index (χ1) is 7.70. The molecule has 94 valence electrons. The van der Waals surface area contributed by atoms with Gasteiger partial charge in [-0.2, -0.15) is 0 Å². The Morgan fingerprint density at radius 1 is 1.19 bits per heavy atom. The van der Waals surface area contributed by atoms with E-state index < -0.39 is 0 Å². The van der Waals surface area contributed by atoms with E-state index in [1.165, 1.54) is 52.0 Å². The Kier molecular flexibility index (Phi) is 3.88. The Bertz CT molecular complexity index is 219. The summed E-state index contributed by atoms with van der Waals surface area (Å²) in [4.78, 5) is 5.23. The predicted molar refractivity (Wildman–Crippen MR) is 68.5 cm³/mol. The number of hydrogen-bond acceptors (Lipinski definition) is 3. The van der Waals surface area contributed by atoms with E-state index in [1.807, 2.05) is 0 Å². The van der Waals surface area contributed by atoms with Gasteiger partial charge in [0.25, 0.3) is 0 Å². The van der Waals surface area contributed by atoms with Crippen molar-refractivity contribution in [3.63, 3.8) is 0 Å². The molecule has 2 aliphatic rings. The third kappa shape index (κ3) is 2.41. The fourth-order valence-electron chi connectivity index (χ4n) is 3.06. The van der Waals surface area contributed by atoms with Crippen LogP contribution in [0, 0.1) is 5.92 Å². The topological polar surface area (TPSA) is 32.5 Å². The third-order valence-electron chi connectivity index (χ3n) is 4.50. The van der Waals surface area contributed by atoms with E-state index in [-0.39, 0.29) is 5.54 Å². The second kappa shape index (κ2) is 5.03. The van der Waals surface area contributed by atoms with Crippen LogP contribution >= 0.6 is 0 Å². The van der Waals surface area contributed by atoms with Crippen LogP contribution in [0.5, 0.6) is 0 Å². The van der Waals surface area contributed by atoms with E-state index in [1.54, 1.807) is 0 Å². The van der Waals surface area contributed by atoms with Gasteiger partial charge in [0.05, 0.1) is 0 Å². The predicted octanol–water partition coefficient (Wildman–Crippen LogP) is 1.14. The van der Waals surface area contributed by atoms with Crippen LogP contribution in [0.25, 0.3) is 0 Å². The first-order valence-electron chi connectivity index (χ1n) is 6.88. The molecule has 1 aliphatic heterocycles. The van der Waals surface area contributed by atoms with Crippen LogP contribution in [-0.2, 0) is 0 Å². The van der Waals surface area contributed by atoms with Gasteiger partial charge in [-0.1, -0.05) is 6.92 Å². The molecule has 0 bridgehead atoms. The monoisotopic (exact) mass is 225 g/mol. The van der Waals surface area contributed by atoms with Crippen molar-refractivity contribution in [3.05, 3.63) is 0 Å². The van der Waals surface area contributed by atoms with Crippen molar-refractivity contribution >= 4 is 0 Å². The van der Waals surface area contributed by atoms with Crippen LogP contribution in [0.3, 0.4) is 0 Å². The standard InChI is InChI=1S/C13H27N3/c1-3-6-15-7-9-16(10-8-15)13(2,11-14)12-4-5-12/h12H,3-11,14H2,1-2H3. The fourth-order valence-corrected chi connectivity index (χ4v) is 3.06. The molecule has 3 heteroatoms. The molecule has 2 N–H and O–H groups in total. The van der Waals surface area contributed by atoms with Crippen molar-refractivity contribution in [2.75, 3.05) is 39.3 Å². The highest BCUT2D eigenvalue weighted by Crippen LogP contribution is 2.42. The maximum absolute atomic E-state index is 6.02. The molecule has 1 unspecified atom stereocenters. The molecule has 1 saturated carbocycles. The number of nitrogens with zero attached hydrogens (tertiary/aromatic N) is 2. The molecule has 0 aromatic heterocycles. The first-order valence-corrected chi connectivity index (χ1v) is 6.88. The normalized spacial score (nSPS) is 27.9. The van der Waals surface area contributed by atoms with Crippen molar-refractivity contribution in [3.8, 4) is 0 Å². The number of nitrogens with two attached hydrogens (primary N) is 1. The van der Waals surface area contributed by atoms with Gasteiger partial charge in [0, 0.05) is 38.3 Å². The maximum atomic E-state index is 6.02. The van der Waals surface area contributed by atoms with Gasteiger partial charge in [-0.3, -0.25) is 4.90 Å². The molecule has 2 fully saturated rings. The van der Waals surface area contributed by atoms with Crippen LogP contribution in [0.15, 0.2) is 0 Å². The molecule has 0 amide bonds. The number of piperazine rings is 1. The Hall–Kier alpha value is -0.120. The van der Waals surface area contributed by atoms with Crippen molar-refractivity contribution in [2.45, 2.75) is 38.6 Å². The number of hydrogen-bond donors (Lipinski definition) is 1. The SMILES string of the molecule is CCCN1CCN(C(C)(CN)C2CC2)CC1. The molecule has 0 spiro atoms. The molecule has 1 saturated heterocycles. The van der Waals surface area contributed by atoms with E-state index in [0.717, 1.165) is 12.5 Å². The minimum Gasteiger partial charge on any atom is -0.329 e. The lowest BCUT2D eigenvalue weighted by molar-refractivity contribution is 0.0335. The third-order valence-corrected chi connectivity index (χ3v) is 4.50. The smallest absolute Gasteiger partial charge is 0.0332 e. The second-order valence-electron chi connectivity index (χ2n) is 5.66. The molecule has 1 heterocycles. The van der Waals surface area contributed by atoms with Crippen molar-refractivity contribution < 1.29 is 0 Å². The minimum absolute atomic E-state index is 0.290. The van der Waals surface area contributed by atoms with Crippen LogP contribution in [0.2, 0.25) is 0 Å². The summed E-state index contributed by atoms with van der Waals surface area (Å²) in [5, 5.41) is 0. The van der Waals surface area contributed by atoms with Crippen LogP contribution in [0.1, 0.15) is 33.1 Å². The van der Waals surface area contributed by atoms with Crippen molar-refractivity contribution in [1.82, 2.24) is 9.80 Å². The van der Waals surface area contributed by atoms with E-state index in [9.17, 15) is 0 Å². The van der Waals surface area contributed by atoms with Gasteiger partial charge in [0.15, 0.2) is 0 Å². The van der Waals surface area contributed by atoms with E-state index in [2.05, 4.69) is 23.6 Å². The van der Waals surface area contributed by atoms with Crippen LogP contribution in [-0.4, -0.2) is 54.6 Å². The Balaban J connectivity index is 1.87.